The van der Waals surface area contributed by atoms with Crippen LogP contribution in [0.5, 0.6) is 0 Å². The van der Waals surface area contributed by atoms with Gasteiger partial charge >= 0.3 is 0 Å². The maximum atomic E-state index is 6.76. The summed E-state index contributed by atoms with van der Waals surface area (Å²) in [5, 5.41) is 0. The molecule has 0 aliphatic rings. The Labute approximate surface area is 93.9 Å². The first kappa shape index (κ1) is 10.6. The lowest BCUT2D eigenvalue weighted by atomic mass is 10.1. The van der Waals surface area contributed by atoms with E-state index in [1.807, 2.05) is 0 Å². The van der Waals surface area contributed by atoms with Crippen molar-refractivity contribution in [1.29, 1.82) is 0 Å². The molecular formula is C12H12I. The minimum Gasteiger partial charge on any atom is -0.0891 e. The van der Waals surface area contributed by atoms with Gasteiger partial charge in [0, 0.05) is 9.99 Å². The van der Waals surface area contributed by atoms with Crippen molar-refractivity contribution in [2.24, 2.45) is 0 Å². The molecule has 1 aromatic rings. The molecule has 0 aliphatic carbocycles. The van der Waals surface area contributed by atoms with Gasteiger partial charge in [0.2, 0.25) is 0 Å². The van der Waals surface area contributed by atoms with Gasteiger partial charge in [0.1, 0.15) is 0 Å². The first-order valence-electron chi connectivity index (χ1n) is 4.47. The van der Waals surface area contributed by atoms with Crippen LogP contribution in [0.2, 0.25) is 0 Å². The zero-order valence-electron chi connectivity index (χ0n) is 7.52. The summed E-state index contributed by atoms with van der Waals surface area (Å²) in [4.78, 5) is 0. The summed E-state index contributed by atoms with van der Waals surface area (Å²) in [6.45, 7) is 0. The van der Waals surface area contributed by atoms with E-state index in [1.54, 1.807) is 0 Å². The first-order chi connectivity index (χ1) is 6.33. The predicted octanol–water partition coefficient (Wildman–Crippen LogP) is 3.59. The lowest BCUT2D eigenvalue weighted by Crippen LogP contribution is -1.85. The first-order valence-corrected chi connectivity index (χ1v) is 5.55. The van der Waals surface area contributed by atoms with Crippen molar-refractivity contribution >= 4 is 22.6 Å². The molecular weight excluding hydrogens is 271 g/mol. The third-order valence-corrected chi connectivity index (χ3v) is 2.65. The molecule has 0 heterocycles. The van der Waals surface area contributed by atoms with Crippen molar-refractivity contribution in [2.45, 2.75) is 25.7 Å². The van der Waals surface area contributed by atoms with E-state index in [1.165, 1.54) is 9.13 Å². The second-order valence-corrected chi connectivity index (χ2v) is 4.26. The minimum atomic E-state index is 0.796. The summed E-state index contributed by atoms with van der Waals surface area (Å²) in [5.41, 5.74) is 1.39. The van der Waals surface area contributed by atoms with Crippen molar-refractivity contribution in [2.75, 3.05) is 0 Å². The van der Waals surface area contributed by atoms with Gasteiger partial charge < -0.3 is 0 Å². The van der Waals surface area contributed by atoms with E-state index >= 15 is 0 Å². The Morgan fingerprint density at radius 3 is 2.46 bits per heavy atom. The van der Waals surface area contributed by atoms with Crippen molar-refractivity contribution in [1.82, 2.24) is 0 Å². The zero-order valence-corrected chi connectivity index (χ0v) is 9.67. The van der Waals surface area contributed by atoms with Gasteiger partial charge in [-0.2, -0.15) is 0 Å². The number of unbranched alkanes of at least 4 members (excludes halogenated alkanes) is 2. The van der Waals surface area contributed by atoms with Crippen molar-refractivity contribution in [3.8, 4) is 5.92 Å². The topological polar surface area (TPSA) is 0 Å². The van der Waals surface area contributed by atoms with E-state index < -0.39 is 0 Å². The molecule has 67 valence electrons. The monoisotopic (exact) mass is 283 g/mol. The molecule has 1 aromatic carbocycles. The number of rotatable bonds is 4. The predicted molar refractivity (Wildman–Crippen MR) is 63.8 cm³/mol. The van der Waals surface area contributed by atoms with Crippen LogP contribution in [0.25, 0.3) is 0 Å². The number of halogens is 1. The van der Waals surface area contributed by atoms with Gasteiger partial charge in [0.25, 0.3) is 0 Å². The summed E-state index contributed by atoms with van der Waals surface area (Å²) >= 11 is 2.31. The van der Waals surface area contributed by atoms with Gasteiger partial charge in [-0.15, -0.1) is 0 Å². The highest BCUT2D eigenvalue weighted by Gasteiger charge is 1.92. The molecule has 0 aromatic heterocycles. The van der Waals surface area contributed by atoms with Gasteiger partial charge in [-0.3, -0.25) is 0 Å². The Morgan fingerprint density at radius 1 is 1.15 bits per heavy atom. The molecule has 0 N–H and O–H groups in total. The van der Waals surface area contributed by atoms with E-state index in [4.69, 9.17) is 6.42 Å². The molecule has 0 saturated carbocycles. The molecule has 0 nitrogen and oxygen atoms in total. The molecule has 0 amide bonds. The van der Waals surface area contributed by atoms with Crippen LogP contribution in [0.1, 0.15) is 24.8 Å². The van der Waals surface area contributed by atoms with E-state index in [9.17, 15) is 0 Å². The summed E-state index contributed by atoms with van der Waals surface area (Å²) in [6.07, 6.45) is 10.9. The maximum Gasteiger partial charge on any atom is 0.0130 e. The fourth-order valence-corrected chi connectivity index (χ4v) is 1.55. The second kappa shape index (κ2) is 6.04. The van der Waals surface area contributed by atoms with E-state index in [2.05, 4.69) is 52.8 Å². The van der Waals surface area contributed by atoms with Crippen LogP contribution >= 0.6 is 22.6 Å². The molecule has 0 atom stereocenters. The average molecular weight is 283 g/mol. The Kier molecular flexibility index (Phi) is 4.92. The summed E-state index contributed by atoms with van der Waals surface area (Å²) in [7, 11) is 0. The highest BCUT2D eigenvalue weighted by Crippen LogP contribution is 2.09. The Morgan fingerprint density at radius 2 is 1.85 bits per heavy atom. The Balaban J connectivity index is 2.30. The van der Waals surface area contributed by atoms with Gasteiger partial charge in [-0.1, -0.05) is 18.1 Å². The SMILES string of the molecule is [C]#CCCCCc1ccc(I)cc1. The van der Waals surface area contributed by atoms with Gasteiger partial charge in [0.05, 0.1) is 0 Å². The molecule has 1 heteroatoms. The van der Waals surface area contributed by atoms with Crippen LogP contribution < -0.4 is 0 Å². The largest absolute Gasteiger partial charge is 0.0891 e. The van der Waals surface area contributed by atoms with E-state index in [0.717, 1.165) is 25.7 Å². The number of aryl methyl sites for hydroxylation is 1. The van der Waals surface area contributed by atoms with Crippen LogP contribution in [-0.2, 0) is 6.42 Å². The molecule has 0 aliphatic heterocycles. The molecule has 13 heavy (non-hydrogen) atoms. The summed E-state index contributed by atoms with van der Waals surface area (Å²) in [6, 6.07) is 8.63. The lowest BCUT2D eigenvalue weighted by molar-refractivity contribution is 0.756. The van der Waals surface area contributed by atoms with Gasteiger partial charge in [0.15, 0.2) is 0 Å². The van der Waals surface area contributed by atoms with E-state index in [-0.39, 0.29) is 0 Å². The standard InChI is InChI=1S/C12H12I/c1-2-3-4-5-6-11-7-9-12(13)10-8-11/h7-10H,3-6H2. The van der Waals surface area contributed by atoms with Crippen LogP contribution in [0, 0.1) is 15.9 Å². The molecule has 0 fully saturated rings. The molecule has 0 unspecified atom stereocenters. The average Bonchev–Trinajstić information content (AvgIpc) is 2.15. The summed E-state index contributed by atoms with van der Waals surface area (Å²) in [5.74, 6) is 2.41. The second-order valence-electron chi connectivity index (χ2n) is 3.01. The molecule has 0 saturated heterocycles. The fourth-order valence-electron chi connectivity index (χ4n) is 1.19. The number of hydrogen-bond acceptors (Lipinski definition) is 0. The van der Waals surface area contributed by atoms with Gasteiger partial charge in [-0.05, 0) is 66.0 Å². The third kappa shape index (κ3) is 4.33. The normalized spacial score (nSPS) is 9.54. The van der Waals surface area contributed by atoms with Crippen LogP contribution in [0.4, 0.5) is 0 Å². The van der Waals surface area contributed by atoms with Crippen LogP contribution in [0.15, 0.2) is 24.3 Å². The Hall–Kier alpha value is -0.490. The molecule has 1 rings (SSSR count). The molecule has 1 radical (unpaired) electrons. The van der Waals surface area contributed by atoms with Crippen molar-refractivity contribution < 1.29 is 0 Å². The summed E-state index contributed by atoms with van der Waals surface area (Å²) < 4.78 is 1.29. The van der Waals surface area contributed by atoms with Gasteiger partial charge in [-0.25, -0.2) is 0 Å². The van der Waals surface area contributed by atoms with Crippen molar-refractivity contribution in [3.05, 3.63) is 39.8 Å². The third-order valence-electron chi connectivity index (χ3n) is 1.93. The molecule has 0 bridgehead atoms. The van der Waals surface area contributed by atoms with Crippen LogP contribution in [-0.4, -0.2) is 0 Å². The highest BCUT2D eigenvalue weighted by atomic mass is 127. The Bertz CT molecular complexity index is 279. The van der Waals surface area contributed by atoms with Crippen LogP contribution in [0.3, 0.4) is 0 Å². The maximum absolute atomic E-state index is 6.76. The zero-order chi connectivity index (χ0) is 9.52. The quantitative estimate of drug-likeness (QED) is 0.450. The number of benzene rings is 1. The fraction of sp³-hybridized carbons (Fsp3) is 0.333. The highest BCUT2D eigenvalue weighted by molar-refractivity contribution is 14.1. The lowest BCUT2D eigenvalue weighted by Gasteiger charge is -1.99. The molecule has 0 spiro atoms. The minimum absolute atomic E-state index is 0.796. The smallest absolute Gasteiger partial charge is 0.0130 e. The van der Waals surface area contributed by atoms with E-state index in [0.29, 0.717) is 0 Å². The number of hydrogen-bond donors (Lipinski definition) is 0. The van der Waals surface area contributed by atoms with Crippen molar-refractivity contribution in [3.63, 3.8) is 0 Å².